The molecule has 0 aromatic heterocycles. The summed E-state index contributed by atoms with van der Waals surface area (Å²) < 4.78 is 4.81. The Bertz CT molecular complexity index is 382. The highest BCUT2D eigenvalue weighted by atomic mass is 35.5. The average Bonchev–Trinajstić information content (AvgIpc) is 2.23. The van der Waals surface area contributed by atoms with E-state index in [2.05, 4.69) is 0 Å². The van der Waals surface area contributed by atoms with Crippen LogP contribution in [0.1, 0.15) is 5.56 Å². The quantitative estimate of drug-likeness (QED) is 0.883. The van der Waals surface area contributed by atoms with Crippen LogP contribution in [-0.4, -0.2) is 25.5 Å². The molecule has 0 aliphatic rings. The highest BCUT2D eigenvalue weighted by molar-refractivity contribution is 6.33. The van der Waals surface area contributed by atoms with Crippen LogP contribution in [0.5, 0.6) is 0 Å². The summed E-state index contributed by atoms with van der Waals surface area (Å²) in [6, 6.07) is 4.38. The van der Waals surface area contributed by atoms with E-state index in [9.17, 15) is 4.79 Å². The van der Waals surface area contributed by atoms with Gasteiger partial charge in [-0.05, 0) is 23.8 Å². The minimum Gasteiger partial charge on any atom is -0.383 e. The van der Waals surface area contributed by atoms with Crippen molar-refractivity contribution in [3.8, 4) is 0 Å². The van der Waals surface area contributed by atoms with Crippen LogP contribution in [0.25, 0.3) is 0 Å². The third-order valence-corrected chi connectivity index (χ3v) is 2.74. The molecule has 0 radical (unpaired) electrons. The molecule has 5 heteroatoms. The van der Waals surface area contributed by atoms with Crippen LogP contribution in [0.15, 0.2) is 18.2 Å². The Kier molecular flexibility index (Phi) is 5.22. The first-order valence-electron chi connectivity index (χ1n) is 4.75. The topological polar surface area (TPSA) is 52.3 Å². The lowest BCUT2D eigenvalue weighted by atomic mass is 10.0. The van der Waals surface area contributed by atoms with Crippen LogP contribution >= 0.6 is 23.2 Å². The van der Waals surface area contributed by atoms with Gasteiger partial charge in [-0.1, -0.05) is 23.2 Å². The van der Waals surface area contributed by atoms with Gasteiger partial charge in [-0.15, -0.1) is 0 Å². The van der Waals surface area contributed by atoms with Gasteiger partial charge in [0.15, 0.2) is 5.78 Å². The van der Waals surface area contributed by atoms with Crippen molar-refractivity contribution in [3.63, 3.8) is 0 Å². The minimum absolute atomic E-state index is 0.119. The molecule has 0 aliphatic heterocycles. The Labute approximate surface area is 104 Å². The number of halogens is 2. The number of ketones is 1. The Hall–Kier alpha value is -0.610. The fourth-order valence-corrected chi connectivity index (χ4v) is 1.65. The van der Waals surface area contributed by atoms with E-state index in [0.717, 1.165) is 0 Å². The van der Waals surface area contributed by atoms with Gasteiger partial charge in [0.1, 0.15) is 0 Å². The van der Waals surface area contributed by atoms with E-state index in [4.69, 9.17) is 33.7 Å². The molecule has 1 rings (SSSR count). The maximum Gasteiger partial charge on any atom is 0.156 e. The molecule has 2 N–H and O–H groups in total. The number of benzene rings is 1. The normalized spacial score (nSPS) is 12.5. The zero-order chi connectivity index (χ0) is 12.1. The van der Waals surface area contributed by atoms with Crippen LogP contribution in [0.2, 0.25) is 10.0 Å². The van der Waals surface area contributed by atoms with Crippen molar-refractivity contribution in [1.82, 2.24) is 0 Å². The predicted molar refractivity (Wildman–Crippen MR) is 65.0 cm³/mol. The largest absolute Gasteiger partial charge is 0.383 e. The summed E-state index contributed by atoms with van der Waals surface area (Å²) in [6.07, 6.45) is 0.171. The number of carbonyl (C=O) groups excluding carboxylic acids is 1. The summed E-state index contributed by atoms with van der Waals surface area (Å²) in [5.41, 5.74) is 6.30. The van der Waals surface area contributed by atoms with E-state index < -0.39 is 6.04 Å². The van der Waals surface area contributed by atoms with E-state index in [1.165, 1.54) is 7.11 Å². The van der Waals surface area contributed by atoms with E-state index in [-0.39, 0.29) is 18.8 Å². The number of hydrogen-bond acceptors (Lipinski definition) is 3. The third-order valence-electron chi connectivity index (χ3n) is 2.13. The Balaban J connectivity index is 2.72. The second kappa shape index (κ2) is 6.21. The van der Waals surface area contributed by atoms with Gasteiger partial charge in [0, 0.05) is 23.6 Å². The van der Waals surface area contributed by atoms with Gasteiger partial charge in [0.2, 0.25) is 0 Å². The van der Waals surface area contributed by atoms with E-state index in [1.807, 2.05) is 0 Å². The lowest BCUT2D eigenvalue weighted by Gasteiger charge is -2.10. The molecule has 0 spiro atoms. The SMILES string of the molecule is COCC(N)C(=O)Cc1cc(Cl)ccc1Cl. The van der Waals surface area contributed by atoms with Crippen molar-refractivity contribution in [2.75, 3.05) is 13.7 Å². The highest BCUT2D eigenvalue weighted by Crippen LogP contribution is 2.21. The molecule has 1 unspecified atom stereocenters. The Morgan fingerprint density at radius 1 is 1.50 bits per heavy atom. The van der Waals surface area contributed by atoms with Crippen molar-refractivity contribution in [2.24, 2.45) is 5.73 Å². The third kappa shape index (κ3) is 3.76. The molecule has 0 saturated carbocycles. The molecule has 0 amide bonds. The molecule has 0 bridgehead atoms. The number of ether oxygens (including phenoxy) is 1. The number of rotatable bonds is 5. The molecular formula is C11H13Cl2NO2. The van der Waals surface area contributed by atoms with Crippen molar-refractivity contribution < 1.29 is 9.53 Å². The molecule has 16 heavy (non-hydrogen) atoms. The fraction of sp³-hybridized carbons (Fsp3) is 0.364. The van der Waals surface area contributed by atoms with Gasteiger partial charge in [-0.2, -0.15) is 0 Å². The standard InChI is InChI=1S/C11H13Cl2NO2/c1-16-6-10(14)11(15)5-7-4-8(12)2-3-9(7)13/h2-4,10H,5-6,14H2,1H3. The van der Waals surface area contributed by atoms with Crippen LogP contribution in [0, 0.1) is 0 Å². The van der Waals surface area contributed by atoms with Crippen molar-refractivity contribution in [3.05, 3.63) is 33.8 Å². The van der Waals surface area contributed by atoms with Crippen LogP contribution < -0.4 is 5.73 Å². The number of Topliss-reactive ketones (excluding diaryl/α,β-unsaturated/α-hetero) is 1. The van der Waals surface area contributed by atoms with Crippen LogP contribution in [0.4, 0.5) is 0 Å². The van der Waals surface area contributed by atoms with Gasteiger partial charge < -0.3 is 10.5 Å². The summed E-state index contributed by atoms with van der Waals surface area (Å²) in [6.45, 7) is 0.205. The first-order chi connectivity index (χ1) is 7.54. The zero-order valence-corrected chi connectivity index (χ0v) is 10.4. The molecule has 1 atom stereocenters. The second-order valence-electron chi connectivity index (χ2n) is 3.44. The van der Waals surface area contributed by atoms with Crippen molar-refractivity contribution in [1.29, 1.82) is 0 Å². The second-order valence-corrected chi connectivity index (χ2v) is 4.28. The first kappa shape index (κ1) is 13.5. The summed E-state index contributed by atoms with van der Waals surface area (Å²) in [4.78, 5) is 11.7. The maximum atomic E-state index is 11.7. The lowest BCUT2D eigenvalue weighted by Crippen LogP contribution is -2.35. The first-order valence-corrected chi connectivity index (χ1v) is 5.51. The Morgan fingerprint density at radius 3 is 2.81 bits per heavy atom. The number of hydrogen-bond donors (Lipinski definition) is 1. The summed E-state index contributed by atoms with van der Waals surface area (Å²) in [5.74, 6) is -0.119. The van der Waals surface area contributed by atoms with Gasteiger partial charge in [0.25, 0.3) is 0 Å². The molecule has 0 heterocycles. The number of nitrogens with two attached hydrogens (primary N) is 1. The van der Waals surface area contributed by atoms with Crippen molar-refractivity contribution in [2.45, 2.75) is 12.5 Å². The summed E-state index contributed by atoms with van der Waals surface area (Å²) in [5, 5.41) is 1.06. The molecule has 1 aromatic carbocycles. The van der Waals surface area contributed by atoms with E-state index >= 15 is 0 Å². The monoisotopic (exact) mass is 261 g/mol. The molecule has 3 nitrogen and oxygen atoms in total. The minimum atomic E-state index is -0.625. The Morgan fingerprint density at radius 2 is 2.19 bits per heavy atom. The van der Waals surface area contributed by atoms with Crippen LogP contribution in [-0.2, 0) is 16.0 Å². The summed E-state index contributed by atoms with van der Waals surface area (Å²) in [7, 11) is 1.50. The fourth-order valence-electron chi connectivity index (χ4n) is 1.27. The molecule has 1 aromatic rings. The van der Waals surface area contributed by atoms with Gasteiger partial charge >= 0.3 is 0 Å². The summed E-state index contributed by atoms with van der Waals surface area (Å²) >= 11 is 11.8. The van der Waals surface area contributed by atoms with E-state index in [1.54, 1.807) is 18.2 Å². The molecular weight excluding hydrogens is 249 g/mol. The van der Waals surface area contributed by atoms with Gasteiger partial charge in [-0.3, -0.25) is 4.79 Å². The molecule has 0 aliphatic carbocycles. The zero-order valence-electron chi connectivity index (χ0n) is 8.87. The van der Waals surface area contributed by atoms with E-state index in [0.29, 0.717) is 15.6 Å². The average molecular weight is 262 g/mol. The smallest absolute Gasteiger partial charge is 0.156 e. The van der Waals surface area contributed by atoms with Crippen LogP contribution in [0.3, 0.4) is 0 Å². The number of methoxy groups -OCH3 is 1. The van der Waals surface area contributed by atoms with Crippen molar-refractivity contribution >= 4 is 29.0 Å². The lowest BCUT2D eigenvalue weighted by molar-refractivity contribution is -0.120. The van der Waals surface area contributed by atoms with Gasteiger partial charge in [-0.25, -0.2) is 0 Å². The molecule has 0 fully saturated rings. The predicted octanol–water partition coefficient (Wildman–Crippen LogP) is 2.08. The van der Waals surface area contributed by atoms with Gasteiger partial charge in [0.05, 0.1) is 12.6 Å². The number of carbonyl (C=O) groups is 1. The molecule has 0 saturated heterocycles. The highest BCUT2D eigenvalue weighted by Gasteiger charge is 2.15. The maximum absolute atomic E-state index is 11.7. The molecule has 88 valence electrons.